The first-order valence-corrected chi connectivity index (χ1v) is 3.78. The van der Waals surface area contributed by atoms with Crippen LogP contribution >= 0.6 is 0 Å². The molecule has 1 fully saturated rings. The second-order valence-corrected chi connectivity index (χ2v) is 2.99. The first kappa shape index (κ1) is 6.85. The minimum atomic E-state index is 0.829. The fourth-order valence-corrected chi connectivity index (χ4v) is 1.42. The molecule has 0 atom stereocenters. The van der Waals surface area contributed by atoms with Gasteiger partial charge in [0.25, 0.3) is 0 Å². The number of allylic oxidation sites excluding steroid dienone is 1. The van der Waals surface area contributed by atoms with E-state index in [9.17, 15) is 0 Å². The van der Waals surface area contributed by atoms with Crippen molar-refractivity contribution in [1.82, 2.24) is 0 Å². The van der Waals surface area contributed by atoms with E-state index in [0.717, 1.165) is 5.92 Å². The van der Waals surface area contributed by atoms with Crippen molar-refractivity contribution in [3.63, 3.8) is 0 Å². The van der Waals surface area contributed by atoms with Gasteiger partial charge < -0.3 is 0 Å². The molecule has 51 valence electrons. The molecule has 0 unspecified atom stereocenters. The van der Waals surface area contributed by atoms with Gasteiger partial charge in [-0.2, -0.15) is 0 Å². The Morgan fingerprint density at radius 2 is 2.00 bits per heavy atom. The zero-order chi connectivity index (χ0) is 6.69. The van der Waals surface area contributed by atoms with Gasteiger partial charge in [0.15, 0.2) is 0 Å². The lowest BCUT2D eigenvalue weighted by Gasteiger charge is -2.20. The van der Waals surface area contributed by atoms with E-state index in [4.69, 9.17) is 0 Å². The van der Waals surface area contributed by atoms with Crippen LogP contribution < -0.4 is 0 Å². The zero-order valence-corrected chi connectivity index (χ0v) is 6.19. The van der Waals surface area contributed by atoms with Crippen molar-refractivity contribution in [3.05, 3.63) is 18.6 Å². The quantitative estimate of drug-likeness (QED) is 0.470. The van der Waals surface area contributed by atoms with Crippen molar-refractivity contribution in [1.29, 1.82) is 0 Å². The van der Waals surface area contributed by atoms with Gasteiger partial charge in [-0.05, 0) is 44.9 Å². The fourth-order valence-electron chi connectivity index (χ4n) is 1.42. The van der Waals surface area contributed by atoms with Gasteiger partial charge in [-0.25, -0.2) is 0 Å². The molecule has 0 heteroatoms. The Labute approximate surface area is 58.0 Å². The molecule has 1 rings (SSSR count). The van der Waals surface area contributed by atoms with Crippen molar-refractivity contribution in [2.75, 3.05) is 0 Å². The van der Waals surface area contributed by atoms with E-state index in [1.807, 2.05) is 0 Å². The summed E-state index contributed by atoms with van der Waals surface area (Å²) in [5.74, 6) is 0.829. The topological polar surface area (TPSA) is 0 Å². The Morgan fingerprint density at radius 1 is 1.44 bits per heavy atom. The van der Waals surface area contributed by atoms with E-state index < -0.39 is 0 Å². The van der Waals surface area contributed by atoms with Gasteiger partial charge in [-0.1, -0.05) is 12.2 Å². The smallest absolute Gasteiger partial charge is 0.0208 e. The van der Waals surface area contributed by atoms with Gasteiger partial charge in [0.1, 0.15) is 0 Å². The van der Waals surface area contributed by atoms with Crippen LogP contribution in [0, 0.1) is 12.3 Å². The van der Waals surface area contributed by atoms with E-state index in [2.05, 4.69) is 19.9 Å². The van der Waals surface area contributed by atoms with Crippen LogP contribution in [0.25, 0.3) is 0 Å². The molecule has 0 nitrogen and oxygen atoms in total. The molecule has 0 bridgehead atoms. The van der Waals surface area contributed by atoms with Crippen LogP contribution in [0.15, 0.2) is 12.2 Å². The molecule has 0 aromatic rings. The van der Waals surface area contributed by atoms with Crippen molar-refractivity contribution in [3.8, 4) is 0 Å². The molecule has 1 aliphatic rings. The summed E-state index contributed by atoms with van der Waals surface area (Å²) in [5.41, 5.74) is 1.38. The maximum atomic E-state index is 3.96. The average Bonchev–Trinajstić information content (AvgIpc) is 1.90. The second kappa shape index (κ2) is 3.05. The van der Waals surface area contributed by atoms with Crippen molar-refractivity contribution >= 4 is 0 Å². The summed E-state index contributed by atoms with van der Waals surface area (Å²) in [6, 6.07) is 0. The lowest BCUT2D eigenvalue weighted by atomic mass is 9.85. The predicted molar refractivity (Wildman–Crippen MR) is 41.1 cm³/mol. The molecular weight excluding hydrogens is 108 g/mol. The minimum absolute atomic E-state index is 0.829. The molecule has 0 aliphatic heterocycles. The van der Waals surface area contributed by atoms with Gasteiger partial charge in [0.2, 0.25) is 0 Å². The molecule has 1 aliphatic carbocycles. The highest BCUT2D eigenvalue weighted by atomic mass is 14.2. The highest BCUT2D eigenvalue weighted by molar-refractivity contribution is 4.98. The predicted octanol–water partition coefficient (Wildman–Crippen LogP) is 2.96. The van der Waals surface area contributed by atoms with Crippen molar-refractivity contribution in [2.45, 2.75) is 32.6 Å². The summed E-state index contributed by atoms with van der Waals surface area (Å²) in [5, 5.41) is 0. The molecule has 0 spiro atoms. The molecule has 0 amide bonds. The Balaban J connectivity index is 2.31. The number of hydrogen-bond acceptors (Lipinski definition) is 0. The molecule has 1 radical (unpaired) electrons. The maximum absolute atomic E-state index is 3.96. The standard InChI is InChI=1S/C9H15/c1-8(2)9-6-4-3-5-7-9/h3,9H,1,4-7H2,2H3. The molecule has 0 aromatic carbocycles. The van der Waals surface area contributed by atoms with Crippen molar-refractivity contribution in [2.24, 2.45) is 5.92 Å². The molecule has 0 N–H and O–H groups in total. The van der Waals surface area contributed by atoms with E-state index in [-0.39, 0.29) is 0 Å². The molecule has 9 heavy (non-hydrogen) atoms. The van der Waals surface area contributed by atoms with E-state index in [1.165, 1.54) is 31.3 Å². The minimum Gasteiger partial charge on any atom is -0.0999 e. The Hall–Kier alpha value is -0.260. The third-order valence-electron chi connectivity index (χ3n) is 2.14. The van der Waals surface area contributed by atoms with Gasteiger partial charge >= 0.3 is 0 Å². The summed E-state index contributed by atoms with van der Waals surface area (Å²) in [7, 11) is 0. The molecule has 1 saturated carbocycles. The van der Waals surface area contributed by atoms with Crippen LogP contribution in [0.1, 0.15) is 32.6 Å². The largest absolute Gasteiger partial charge is 0.0999 e. The zero-order valence-electron chi connectivity index (χ0n) is 6.19. The lowest BCUT2D eigenvalue weighted by Crippen LogP contribution is -2.06. The molecular formula is C9H15. The van der Waals surface area contributed by atoms with Crippen LogP contribution in [0.3, 0.4) is 0 Å². The van der Waals surface area contributed by atoms with Gasteiger partial charge in [0.05, 0.1) is 0 Å². The average molecular weight is 123 g/mol. The van der Waals surface area contributed by atoms with Crippen molar-refractivity contribution < 1.29 is 0 Å². The SMILES string of the molecule is C=C(C)C1CC[CH]CC1. The van der Waals surface area contributed by atoms with Crippen LogP contribution in [-0.2, 0) is 0 Å². The number of rotatable bonds is 1. The van der Waals surface area contributed by atoms with E-state index in [0.29, 0.717) is 0 Å². The van der Waals surface area contributed by atoms with Crippen LogP contribution in [-0.4, -0.2) is 0 Å². The third-order valence-corrected chi connectivity index (χ3v) is 2.14. The van der Waals surface area contributed by atoms with Gasteiger partial charge in [0, 0.05) is 0 Å². The van der Waals surface area contributed by atoms with Gasteiger partial charge in [-0.15, -0.1) is 0 Å². The Bertz CT molecular complexity index is 96.6. The van der Waals surface area contributed by atoms with Crippen LogP contribution in [0.4, 0.5) is 0 Å². The summed E-state index contributed by atoms with van der Waals surface area (Å²) in [6.07, 6.45) is 7.68. The Kier molecular flexibility index (Phi) is 2.32. The maximum Gasteiger partial charge on any atom is -0.0208 e. The van der Waals surface area contributed by atoms with E-state index >= 15 is 0 Å². The normalized spacial score (nSPS) is 21.9. The lowest BCUT2D eigenvalue weighted by molar-refractivity contribution is 0.462. The third kappa shape index (κ3) is 1.85. The van der Waals surface area contributed by atoms with Crippen LogP contribution in [0.5, 0.6) is 0 Å². The molecule has 0 aromatic heterocycles. The van der Waals surface area contributed by atoms with Crippen LogP contribution in [0.2, 0.25) is 0 Å². The number of hydrogen-bond donors (Lipinski definition) is 0. The Morgan fingerprint density at radius 3 is 2.33 bits per heavy atom. The highest BCUT2D eigenvalue weighted by Crippen LogP contribution is 2.27. The monoisotopic (exact) mass is 123 g/mol. The highest BCUT2D eigenvalue weighted by Gasteiger charge is 2.12. The van der Waals surface area contributed by atoms with E-state index in [1.54, 1.807) is 0 Å². The molecule has 0 saturated heterocycles. The van der Waals surface area contributed by atoms with Gasteiger partial charge in [-0.3, -0.25) is 0 Å². The fraction of sp³-hybridized carbons (Fsp3) is 0.667. The first-order valence-electron chi connectivity index (χ1n) is 3.78. The summed E-state index contributed by atoms with van der Waals surface area (Å²) < 4.78 is 0. The molecule has 0 heterocycles. The second-order valence-electron chi connectivity index (χ2n) is 2.99. The summed E-state index contributed by atoms with van der Waals surface area (Å²) in [6.45, 7) is 6.11. The summed E-state index contributed by atoms with van der Waals surface area (Å²) in [4.78, 5) is 0. The first-order chi connectivity index (χ1) is 4.30. The summed E-state index contributed by atoms with van der Waals surface area (Å²) >= 11 is 0.